The van der Waals surface area contributed by atoms with Crippen LogP contribution in [-0.4, -0.2) is 49.8 Å². The molecule has 1 saturated heterocycles. The zero-order valence-electron chi connectivity index (χ0n) is 11.5. The van der Waals surface area contributed by atoms with E-state index in [9.17, 15) is 0 Å². The second kappa shape index (κ2) is 6.72. The van der Waals surface area contributed by atoms with Gasteiger partial charge in [0.25, 0.3) is 0 Å². The lowest BCUT2D eigenvalue weighted by molar-refractivity contribution is 0.0129. The number of methoxy groups -OCH3 is 1. The third kappa shape index (κ3) is 4.23. The number of piperidine rings is 1. The summed E-state index contributed by atoms with van der Waals surface area (Å²) in [7, 11) is 1.85. The standard InChI is InChI=1S/C14H28N2O/c1-3-5-13(10-15-12-7-8-12)16-9-4-6-14(11-16)17-2/h12-15H,3-11H2,1-2H3. The van der Waals surface area contributed by atoms with Gasteiger partial charge in [-0.25, -0.2) is 0 Å². The lowest BCUT2D eigenvalue weighted by atomic mass is 10.0. The van der Waals surface area contributed by atoms with Crippen molar-refractivity contribution in [3.8, 4) is 0 Å². The van der Waals surface area contributed by atoms with Crippen LogP contribution in [0.4, 0.5) is 0 Å². The molecule has 3 nitrogen and oxygen atoms in total. The Labute approximate surface area is 106 Å². The van der Waals surface area contributed by atoms with Crippen LogP contribution in [0, 0.1) is 0 Å². The van der Waals surface area contributed by atoms with Crippen LogP contribution < -0.4 is 5.32 Å². The van der Waals surface area contributed by atoms with E-state index in [1.807, 2.05) is 7.11 Å². The van der Waals surface area contributed by atoms with Crippen LogP contribution in [0.3, 0.4) is 0 Å². The highest BCUT2D eigenvalue weighted by Crippen LogP contribution is 2.21. The van der Waals surface area contributed by atoms with Crippen LogP contribution in [0.5, 0.6) is 0 Å². The fraction of sp³-hybridized carbons (Fsp3) is 1.00. The lowest BCUT2D eigenvalue weighted by Crippen LogP contribution is -2.49. The highest BCUT2D eigenvalue weighted by atomic mass is 16.5. The second-order valence-electron chi connectivity index (χ2n) is 5.62. The highest BCUT2D eigenvalue weighted by molar-refractivity contribution is 4.86. The summed E-state index contributed by atoms with van der Waals surface area (Å²) < 4.78 is 5.53. The Morgan fingerprint density at radius 2 is 2.18 bits per heavy atom. The van der Waals surface area contributed by atoms with Crippen molar-refractivity contribution in [3.63, 3.8) is 0 Å². The predicted octanol–water partition coefficient (Wildman–Crippen LogP) is 2.02. The van der Waals surface area contributed by atoms with Crippen molar-refractivity contribution in [2.75, 3.05) is 26.7 Å². The maximum Gasteiger partial charge on any atom is 0.0698 e. The fourth-order valence-corrected chi connectivity index (χ4v) is 2.83. The number of nitrogens with zero attached hydrogens (tertiary/aromatic N) is 1. The van der Waals surface area contributed by atoms with Crippen molar-refractivity contribution in [2.45, 2.75) is 63.6 Å². The molecule has 0 aromatic carbocycles. The molecule has 0 aromatic heterocycles. The molecule has 0 spiro atoms. The van der Waals surface area contributed by atoms with Gasteiger partial charge >= 0.3 is 0 Å². The molecular weight excluding hydrogens is 212 g/mol. The van der Waals surface area contributed by atoms with E-state index in [4.69, 9.17) is 4.74 Å². The molecule has 2 rings (SSSR count). The molecule has 17 heavy (non-hydrogen) atoms. The smallest absolute Gasteiger partial charge is 0.0698 e. The van der Waals surface area contributed by atoms with Gasteiger partial charge in [0.1, 0.15) is 0 Å². The Bertz CT molecular complexity index is 218. The van der Waals surface area contributed by atoms with Crippen molar-refractivity contribution < 1.29 is 4.74 Å². The average molecular weight is 240 g/mol. The Morgan fingerprint density at radius 1 is 1.35 bits per heavy atom. The second-order valence-corrected chi connectivity index (χ2v) is 5.62. The van der Waals surface area contributed by atoms with Gasteiger partial charge < -0.3 is 10.1 Å². The molecule has 2 unspecified atom stereocenters. The van der Waals surface area contributed by atoms with Crippen LogP contribution >= 0.6 is 0 Å². The van der Waals surface area contributed by atoms with Crippen molar-refractivity contribution in [1.82, 2.24) is 10.2 Å². The summed E-state index contributed by atoms with van der Waals surface area (Å²) in [4.78, 5) is 2.65. The van der Waals surface area contributed by atoms with Gasteiger partial charge in [0, 0.05) is 32.3 Å². The minimum Gasteiger partial charge on any atom is -0.380 e. The predicted molar refractivity (Wildman–Crippen MR) is 71.3 cm³/mol. The molecule has 2 fully saturated rings. The minimum atomic E-state index is 0.462. The van der Waals surface area contributed by atoms with Crippen molar-refractivity contribution in [3.05, 3.63) is 0 Å². The van der Waals surface area contributed by atoms with E-state index < -0.39 is 0 Å². The summed E-state index contributed by atoms with van der Waals surface area (Å²) in [5.74, 6) is 0. The highest BCUT2D eigenvalue weighted by Gasteiger charge is 2.27. The molecule has 0 amide bonds. The van der Waals surface area contributed by atoms with E-state index in [1.54, 1.807) is 0 Å². The zero-order chi connectivity index (χ0) is 12.1. The molecule has 1 N–H and O–H groups in total. The Balaban J connectivity index is 1.79. The van der Waals surface area contributed by atoms with Crippen LogP contribution in [0.1, 0.15) is 45.4 Å². The first-order valence-corrected chi connectivity index (χ1v) is 7.33. The molecule has 1 aliphatic heterocycles. The molecule has 3 heteroatoms. The largest absolute Gasteiger partial charge is 0.380 e. The van der Waals surface area contributed by atoms with Gasteiger partial charge in [-0.15, -0.1) is 0 Å². The minimum absolute atomic E-state index is 0.462. The van der Waals surface area contributed by atoms with Crippen LogP contribution in [0.25, 0.3) is 0 Å². The van der Waals surface area contributed by atoms with Gasteiger partial charge in [0.2, 0.25) is 0 Å². The van der Waals surface area contributed by atoms with Crippen molar-refractivity contribution in [1.29, 1.82) is 0 Å². The van der Waals surface area contributed by atoms with Crippen molar-refractivity contribution in [2.24, 2.45) is 0 Å². The first-order chi connectivity index (χ1) is 8.33. The third-order valence-corrected chi connectivity index (χ3v) is 4.10. The first kappa shape index (κ1) is 13.3. The third-order valence-electron chi connectivity index (χ3n) is 4.10. The van der Waals surface area contributed by atoms with Crippen LogP contribution in [-0.2, 0) is 4.74 Å². The van der Waals surface area contributed by atoms with E-state index >= 15 is 0 Å². The summed E-state index contributed by atoms with van der Waals surface area (Å²) >= 11 is 0. The average Bonchev–Trinajstić information content (AvgIpc) is 3.18. The molecule has 1 saturated carbocycles. The van der Waals surface area contributed by atoms with E-state index in [2.05, 4.69) is 17.1 Å². The number of rotatable bonds is 7. The normalized spacial score (nSPS) is 28.2. The number of nitrogens with one attached hydrogen (secondary N) is 1. The Morgan fingerprint density at radius 3 is 2.82 bits per heavy atom. The topological polar surface area (TPSA) is 24.5 Å². The summed E-state index contributed by atoms with van der Waals surface area (Å²) in [5, 5.41) is 3.69. The molecule has 0 radical (unpaired) electrons. The fourth-order valence-electron chi connectivity index (χ4n) is 2.83. The van der Waals surface area contributed by atoms with Gasteiger partial charge in [-0.3, -0.25) is 4.90 Å². The first-order valence-electron chi connectivity index (χ1n) is 7.33. The monoisotopic (exact) mass is 240 g/mol. The van der Waals surface area contributed by atoms with E-state index in [1.165, 1.54) is 51.6 Å². The van der Waals surface area contributed by atoms with E-state index in [-0.39, 0.29) is 0 Å². The van der Waals surface area contributed by atoms with Crippen molar-refractivity contribution >= 4 is 0 Å². The summed E-state index contributed by atoms with van der Waals surface area (Å²) in [6.45, 7) is 5.86. The lowest BCUT2D eigenvalue weighted by Gasteiger charge is -2.38. The molecule has 0 bridgehead atoms. The van der Waals surface area contributed by atoms with Gasteiger partial charge in [0.05, 0.1) is 6.10 Å². The molecule has 1 heterocycles. The molecule has 2 aliphatic rings. The van der Waals surface area contributed by atoms with Gasteiger partial charge in [-0.05, 0) is 38.6 Å². The molecule has 0 aromatic rings. The maximum absolute atomic E-state index is 5.53. The van der Waals surface area contributed by atoms with Gasteiger partial charge in [-0.1, -0.05) is 13.3 Å². The van der Waals surface area contributed by atoms with Gasteiger partial charge in [-0.2, -0.15) is 0 Å². The number of hydrogen-bond acceptors (Lipinski definition) is 3. The maximum atomic E-state index is 5.53. The number of ether oxygens (including phenoxy) is 1. The van der Waals surface area contributed by atoms with E-state index in [0.717, 1.165) is 18.6 Å². The van der Waals surface area contributed by atoms with Gasteiger partial charge in [0.15, 0.2) is 0 Å². The zero-order valence-corrected chi connectivity index (χ0v) is 11.5. The number of hydrogen-bond donors (Lipinski definition) is 1. The molecular formula is C14H28N2O. The summed E-state index contributed by atoms with van der Waals surface area (Å²) in [6.07, 6.45) is 8.37. The summed E-state index contributed by atoms with van der Waals surface area (Å²) in [5.41, 5.74) is 0. The molecule has 2 atom stereocenters. The Kier molecular flexibility index (Phi) is 5.26. The van der Waals surface area contributed by atoms with Crippen LogP contribution in [0.15, 0.2) is 0 Å². The molecule has 100 valence electrons. The molecule has 1 aliphatic carbocycles. The number of likely N-dealkylation sites (tertiary alicyclic amines) is 1. The quantitative estimate of drug-likeness (QED) is 0.737. The van der Waals surface area contributed by atoms with Crippen LogP contribution in [0.2, 0.25) is 0 Å². The van der Waals surface area contributed by atoms with E-state index in [0.29, 0.717) is 6.10 Å². The summed E-state index contributed by atoms with van der Waals surface area (Å²) in [6, 6.07) is 1.55. The SMILES string of the molecule is CCCC(CNC1CC1)N1CCCC(OC)C1. The Hall–Kier alpha value is -0.120.